The Hall–Kier alpha value is -0.820. The van der Waals surface area contributed by atoms with Crippen LogP contribution in [0.15, 0.2) is 18.2 Å². The summed E-state index contributed by atoms with van der Waals surface area (Å²) in [5.74, 6) is 0.292. The van der Waals surface area contributed by atoms with Crippen LogP contribution >= 0.6 is 0 Å². The zero-order valence-electron chi connectivity index (χ0n) is 10.6. The molecule has 0 saturated carbocycles. The number of fused-ring (bicyclic) bond motifs is 1. The van der Waals surface area contributed by atoms with Crippen molar-refractivity contribution in [3.05, 3.63) is 34.9 Å². The molecule has 1 aromatic rings. The second-order valence-corrected chi connectivity index (χ2v) is 5.65. The Morgan fingerprint density at radius 3 is 2.62 bits per heavy atom. The summed E-state index contributed by atoms with van der Waals surface area (Å²) in [5, 5.41) is 10.3. The van der Waals surface area contributed by atoms with Gasteiger partial charge >= 0.3 is 0 Å². The third-order valence-corrected chi connectivity index (χ3v) is 3.97. The second-order valence-electron chi connectivity index (χ2n) is 5.65. The molecule has 1 aliphatic rings. The lowest BCUT2D eigenvalue weighted by atomic mass is 9.85. The van der Waals surface area contributed by atoms with Crippen LogP contribution in [0.5, 0.6) is 0 Å². The highest BCUT2D eigenvalue weighted by Crippen LogP contribution is 2.26. The quantitative estimate of drug-likeness (QED) is 0.826. The standard InChI is InChI=1S/C15H22O/c1-11(2)15(3,16)10-12-7-8-13-5-4-6-14(13)9-12/h7-9,11,16H,4-6,10H2,1-3H3. The van der Waals surface area contributed by atoms with Gasteiger partial charge in [-0.1, -0.05) is 32.0 Å². The molecule has 1 atom stereocenters. The fourth-order valence-corrected chi connectivity index (χ4v) is 2.35. The first kappa shape index (κ1) is 11.7. The van der Waals surface area contributed by atoms with Crippen LogP contribution in [0, 0.1) is 5.92 Å². The van der Waals surface area contributed by atoms with Crippen LogP contribution in [-0.4, -0.2) is 10.7 Å². The van der Waals surface area contributed by atoms with E-state index in [1.54, 1.807) is 0 Å². The maximum Gasteiger partial charge on any atom is 0.0682 e. The first-order valence-corrected chi connectivity index (χ1v) is 6.32. The van der Waals surface area contributed by atoms with E-state index in [-0.39, 0.29) is 0 Å². The number of rotatable bonds is 3. The van der Waals surface area contributed by atoms with Crippen molar-refractivity contribution in [2.24, 2.45) is 5.92 Å². The SMILES string of the molecule is CC(C)C(C)(O)Cc1ccc2c(c1)CCC2. The van der Waals surface area contributed by atoms with Gasteiger partial charge in [0.2, 0.25) is 0 Å². The summed E-state index contributed by atoms with van der Waals surface area (Å²) < 4.78 is 0. The Morgan fingerprint density at radius 2 is 1.94 bits per heavy atom. The number of aryl methyl sites for hydroxylation is 2. The Kier molecular flexibility index (Phi) is 3.07. The minimum Gasteiger partial charge on any atom is -0.390 e. The molecular weight excluding hydrogens is 196 g/mol. The highest BCUT2D eigenvalue weighted by Gasteiger charge is 2.25. The van der Waals surface area contributed by atoms with Gasteiger partial charge in [-0.05, 0) is 48.8 Å². The topological polar surface area (TPSA) is 20.2 Å². The van der Waals surface area contributed by atoms with E-state index in [9.17, 15) is 5.11 Å². The summed E-state index contributed by atoms with van der Waals surface area (Å²) >= 11 is 0. The van der Waals surface area contributed by atoms with Gasteiger partial charge in [0.1, 0.15) is 0 Å². The Bertz CT molecular complexity index is 377. The maximum atomic E-state index is 10.3. The monoisotopic (exact) mass is 218 g/mol. The average molecular weight is 218 g/mol. The van der Waals surface area contributed by atoms with E-state index in [0.717, 1.165) is 6.42 Å². The molecule has 1 unspecified atom stereocenters. The number of aliphatic hydroxyl groups is 1. The molecule has 0 heterocycles. The maximum absolute atomic E-state index is 10.3. The first-order valence-electron chi connectivity index (χ1n) is 6.32. The lowest BCUT2D eigenvalue weighted by molar-refractivity contribution is 0.0139. The van der Waals surface area contributed by atoms with Crippen molar-refractivity contribution >= 4 is 0 Å². The summed E-state index contributed by atoms with van der Waals surface area (Å²) in [6.07, 6.45) is 4.50. The molecular formula is C15H22O. The minimum absolute atomic E-state index is 0.292. The minimum atomic E-state index is -0.590. The van der Waals surface area contributed by atoms with Crippen molar-refractivity contribution in [3.8, 4) is 0 Å². The van der Waals surface area contributed by atoms with E-state index in [1.165, 1.54) is 36.0 Å². The van der Waals surface area contributed by atoms with E-state index >= 15 is 0 Å². The largest absolute Gasteiger partial charge is 0.390 e. The molecule has 1 aliphatic carbocycles. The van der Waals surface area contributed by atoms with E-state index in [4.69, 9.17) is 0 Å². The van der Waals surface area contributed by atoms with Crippen molar-refractivity contribution in [2.75, 3.05) is 0 Å². The van der Waals surface area contributed by atoms with Gasteiger partial charge in [0, 0.05) is 6.42 Å². The molecule has 0 saturated heterocycles. The average Bonchev–Trinajstić information content (AvgIpc) is 2.63. The molecule has 1 nitrogen and oxygen atoms in total. The highest BCUT2D eigenvalue weighted by molar-refractivity contribution is 5.35. The van der Waals surface area contributed by atoms with Gasteiger partial charge < -0.3 is 5.11 Å². The first-order chi connectivity index (χ1) is 7.49. The zero-order valence-corrected chi connectivity index (χ0v) is 10.6. The van der Waals surface area contributed by atoms with Crippen LogP contribution in [0.3, 0.4) is 0 Å². The van der Waals surface area contributed by atoms with E-state index < -0.39 is 5.60 Å². The van der Waals surface area contributed by atoms with Crippen molar-refractivity contribution in [1.29, 1.82) is 0 Å². The van der Waals surface area contributed by atoms with E-state index in [1.807, 2.05) is 6.92 Å². The predicted molar refractivity (Wildman–Crippen MR) is 67.6 cm³/mol. The Morgan fingerprint density at radius 1 is 1.25 bits per heavy atom. The van der Waals surface area contributed by atoms with Gasteiger partial charge in [-0.3, -0.25) is 0 Å². The molecule has 0 radical (unpaired) electrons. The lowest BCUT2D eigenvalue weighted by Gasteiger charge is -2.28. The van der Waals surface area contributed by atoms with Gasteiger partial charge in [0.15, 0.2) is 0 Å². The molecule has 0 aliphatic heterocycles. The molecule has 2 rings (SSSR count). The van der Waals surface area contributed by atoms with Crippen LogP contribution in [0.4, 0.5) is 0 Å². The third-order valence-electron chi connectivity index (χ3n) is 3.97. The van der Waals surface area contributed by atoms with E-state index in [2.05, 4.69) is 32.0 Å². The van der Waals surface area contributed by atoms with Crippen molar-refractivity contribution in [2.45, 2.75) is 52.1 Å². The van der Waals surface area contributed by atoms with Gasteiger partial charge in [-0.2, -0.15) is 0 Å². The van der Waals surface area contributed by atoms with Crippen molar-refractivity contribution in [3.63, 3.8) is 0 Å². The highest BCUT2D eigenvalue weighted by atomic mass is 16.3. The number of benzene rings is 1. The molecule has 16 heavy (non-hydrogen) atoms. The van der Waals surface area contributed by atoms with E-state index in [0.29, 0.717) is 5.92 Å². The number of hydrogen-bond donors (Lipinski definition) is 1. The smallest absolute Gasteiger partial charge is 0.0682 e. The number of hydrogen-bond acceptors (Lipinski definition) is 1. The van der Waals surface area contributed by atoms with Gasteiger partial charge in [-0.25, -0.2) is 0 Å². The summed E-state index contributed by atoms with van der Waals surface area (Å²) in [5.41, 5.74) is 3.69. The van der Waals surface area contributed by atoms with Gasteiger partial charge in [0.25, 0.3) is 0 Å². The van der Waals surface area contributed by atoms with Crippen LogP contribution in [-0.2, 0) is 19.3 Å². The predicted octanol–water partition coefficient (Wildman–Crippen LogP) is 3.12. The van der Waals surface area contributed by atoms with Gasteiger partial charge in [0.05, 0.1) is 5.60 Å². The second kappa shape index (κ2) is 4.21. The summed E-state index contributed by atoms with van der Waals surface area (Å²) in [6, 6.07) is 6.72. The fraction of sp³-hybridized carbons (Fsp3) is 0.600. The van der Waals surface area contributed by atoms with Crippen molar-refractivity contribution in [1.82, 2.24) is 0 Å². The Labute approximate surface area is 98.5 Å². The molecule has 0 spiro atoms. The summed E-state index contributed by atoms with van der Waals surface area (Å²) in [7, 11) is 0. The molecule has 1 heteroatoms. The molecule has 0 amide bonds. The van der Waals surface area contributed by atoms with Gasteiger partial charge in [-0.15, -0.1) is 0 Å². The fourth-order valence-electron chi connectivity index (χ4n) is 2.35. The lowest BCUT2D eigenvalue weighted by Crippen LogP contribution is -2.33. The van der Waals surface area contributed by atoms with Crippen LogP contribution < -0.4 is 0 Å². The summed E-state index contributed by atoms with van der Waals surface area (Å²) in [6.45, 7) is 6.09. The molecule has 0 fully saturated rings. The van der Waals surface area contributed by atoms with Crippen LogP contribution in [0.2, 0.25) is 0 Å². The van der Waals surface area contributed by atoms with Crippen LogP contribution in [0.1, 0.15) is 43.9 Å². The molecule has 1 N–H and O–H groups in total. The molecule has 88 valence electrons. The third kappa shape index (κ3) is 2.30. The Balaban J connectivity index is 2.17. The zero-order chi connectivity index (χ0) is 11.8. The molecule has 1 aromatic carbocycles. The molecule has 0 bridgehead atoms. The van der Waals surface area contributed by atoms with Crippen molar-refractivity contribution < 1.29 is 5.11 Å². The summed E-state index contributed by atoms with van der Waals surface area (Å²) in [4.78, 5) is 0. The normalized spacial score (nSPS) is 18.6. The molecule has 0 aromatic heterocycles. The van der Waals surface area contributed by atoms with Crippen LogP contribution in [0.25, 0.3) is 0 Å².